The maximum absolute atomic E-state index is 12.1. The third kappa shape index (κ3) is 4.46. The minimum atomic E-state index is -0.688. The summed E-state index contributed by atoms with van der Waals surface area (Å²) in [5.74, 6) is -0.538. The van der Waals surface area contributed by atoms with Crippen molar-refractivity contribution in [2.45, 2.75) is 13.3 Å². The van der Waals surface area contributed by atoms with E-state index in [1.54, 1.807) is 31.2 Å². The predicted molar refractivity (Wildman–Crippen MR) is 103 cm³/mol. The molecule has 9 heteroatoms. The number of cyclic esters (lactones) is 1. The number of non-ortho nitro benzene ring substituents is 1. The zero-order chi connectivity index (χ0) is 21.0. The van der Waals surface area contributed by atoms with Crippen molar-refractivity contribution in [3.63, 3.8) is 0 Å². The Bertz CT molecular complexity index is 1060. The number of nitrogens with zero attached hydrogens (tertiary/aromatic N) is 2. The summed E-state index contributed by atoms with van der Waals surface area (Å²) in [7, 11) is 1.43. The molecule has 0 radical (unpaired) electrons. The fourth-order valence-corrected chi connectivity index (χ4v) is 2.50. The van der Waals surface area contributed by atoms with Crippen molar-refractivity contribution in [1.82, 2.24) is 0 Å². The van der Waals surface area contributed by atoms with E-state index in [1.807, 2.05) is 0 Å². The summed E-state index contributed by atoms with van der Waals surface area (Å²) in [5, 5.41) is 10.9. The minimum absolute atomic E-state index is 0.0202. The number of aliphatic imine (C=N–C) groups is 1. The molecule has 148 valence electrons. The molecule has 29 heavy (non-hydrogen) atoms. The van der Waals surface area contributed by atoms with Gasteiger partial charge in [0.25, 0.3) is 5.69 Å². The lowest BCUT2D eigenvalue weighted by atomic mass is 10.1. The fourth-order valence-electron chi connectivity index (χ4n) is 2.50. The second-order valence-electron chi connectivity index (χ2n) is 5.88. The molecule has 0 fully saturated rings. The quantitative estimate of drug-likeness (QED) is 0.242. The Hall–Kier alpha value is -4.01. The lowest BCUT2D eigenvalue weighted by molar-refractivity contribution is -0.384. The number of benzene rings is 2. The first kappa shape index (κ1) is 19.7. The lowest BCUT2D eigenvalue weighted by Crippen LogP contribution is -2.06. The molecule has 9 nitrogen and oxygen atoms in total. The van der Waals surface area contributed by atoms with Gasteiger partial charge in [-0.05, 0) is 29.8 Å². The van der Waals surface area contributed by atoms with Crippen molar-refractivity contribution in [3.8, 4) is 11.5 Å². The summed E-state index contributed by atoms with van der Waals surface area (Å²) in [6, 6.07) is 10.4. The van der Waals surface area contributed by atoms with E-state index in [2.05, 4.69) is 4.99 Å². The summed E-state index contributed by atoms with van der Waals surface area (Å²) >= 11 is 0. The molecule has 0 aliphatic carbocycles. The molecule has 0 bridgehead atoms. The van der Waals surface area contributed by atoms with E-state index >= 15 is 0 Å². The zero-order valence-electron chi connectivity index (χ0n) is 15.6. The van der Waals surface area contributed by atoms with Crippen molar-refractivity contribution in [2.24, 2.45) is 4.99 Å². The maximum atomic E-state index is 12.1. The second kappa shape index (κ2) is 8.34. The Morgan fingerprint density at radius 1 is 1.24 bits per heavy atom. The predicted octanol–water partition coefficient (Wildman–Crippen LogP) is 3.26. The topological polar surface area (TPSA) is 117 Å². The number of carbonyl (C=O) groups is 2. The molecule has 1 heterocycles. The smallest absolute Gasteiger partial charge is 0.363 e. The van der Waals surface area contributed by atoms with Crippen molar-refractivity contribution in [2.75, 3.05) is 7.11 Å². The average molecular weight is 396 g/mol. The molecule has 0 atom stereocenters. The summed E-state index contributed by atoms with van der Waals surface area (Å²) in [5.41, 5.74) is 0.761. The van der Waals surface area contributed by atoms with Crippen molar-refractivity contribution >= 4 is 29.6 Å². The normalized spacial score (nSPS) is 14.3. The van der Waals surface area contributed by atoms with Crippen LogP contribution >= 0.6 is 0 Å². The third-order valence-corrected chi connectivity index (χ3v) is 3.93. The monoisotopic (exact) mass is 396 g/mol. The van der Waals surface area contributed by atoms with Gasteiger partial charge in [0.2, 0.25) is 5.90 Å². The van der Waals surface area contributed by atoms with Gasteiger partial charge in [0.15, 0.2) is 17.2 Å². The Morgan fingerprint density at radius 2 is 2.03 bits per heavy atom. The number of rotatable bonds is 6. The van der Waals surface area contributed by atoms with Gasteiger partial charge in [0, 0.05) is 24.1 Å². The Kier molecular flexibility index (Phi) is 5.68. The number of esters is 2. The molecule has 0 N–H and O–H groups in total. The average Bonchev–Trinajstić information content (AvgIpc) is 3.09. The van der Waals surface area contributed by atoms with Crippen LogP contribution in [0.4, 0.5) is 5.69 Å². The highest BCUT2D eigenvalue weighted by Gasteiger charge is 2.25. The third-order valence-electron chi connectivity index (χ3n) is 3.93. The Balaban J connectivity index is 1.90. The van der Waals surface area contributed by atoms with E-state index in [0.717, 1.165) is 0 Å². The fraction of sp³-hybridized carbons (Fsp3) is 0.150. The van der Waals surface area contributed by atoms with Crippen molar-refractivity contribution < 1.29 is 28.7 Å². The van der Waals surface area contributed by atoms with Gasteiger partial charge in [0.05, 0.1) is 12.0 Å². The standard InChI is InChI=1S/C20H16N2O7/c1-3-18(23)28-16-8-7-12(10-17(16)27-2)9-15-20(24)29-19(21-15)13-5-4-6-14(11-13)22(25)26/h4-11H,3H2,1-2H3. The second-order valence-corrected chi connectivity index (χ2v) is 5.88. The van der Waals surface area contributed by atoms with Crippen LogP contribution in [-0.2, 0) is 14.3 Å². The van der Waals surface area contributed by atoms with Crippen molar-refractivity contribution in [3.05, 3.63) is 69.4 Å². The molecule has 0 saturated heterocycles. The van der Waals surface area contributed by atoms with Gasteiger partial charge in [0.1, 0.15) is 0 Å². The molecule has 2 aromatic carbocycles. The van der Waals surface area contributed by atoms with E-state index in [4.69, 9.17) is 14.2 Å². The van der Waals surface area contributed by atoms with Crippen LogP contribution < -0.4 is 9.47 Å². The molecule has 3 rings (SSSR count). The highest BCUT2D eigenvalue weighted by Crippen LogP contribution is 2.30. The van der Waals surface area contributed by atoms with Crippen LogP contribution in [0, 0.1) is 10.1 Å². The maximum Gasteiger partial charge on any atom is 0.363 e. The van der Waals surface area contributed by atoms with Gasteiger partial charge in [-0.3, -0.25) is 14.9 Å². The van der Waals surface area contributed by atoms with Crippen LogP contribution in [0.5, 0.6) is 11.5 Å². The minimum Gasteiger partial charge on any atom is -0.493 e. The molecule has 1 aliphatic heterocycles. The number of methoxy groups -OCH3 is 1. The highest BCUT2D eigenvalue weighted by atomic mass is 16.6. The van der Waals surface area contributed by atoms with Gasteiger partial charge in [-0.1, -0.05) is 19.1 Å². The van der Waals surface area contributed by atoms with Crippen molar-refractivity contribution in [1.29, 1.82) is 0 Å². The number of nitro groups is 1. The molecule has 0 unspecified atom stereocenters. The van der Waals surface area contributed by atoms with E-state index in [0.29, 0.717) is 16.9 Å². The SMILES string of the molecule is CCC(=O)Oc1ccc(C=C2N=C(c3cccc([N+](=O)[O-])c3)OC2=O)cc1OC. The molecule has 0 spiro atoms. The summed E-state index contributed by atoms with van der Waals surface area (Å²) in [4.78, 5) is 38.1. The first-order valence-electron chi connectivity index (χ1n) is 8.57. The first-order valence-corrected chi connectivity index (χ1v) is 8.57. The van der Waals surface area contributed by atoms with E-state index in [9.17, 15) is 19.7 Å². The zero-order valence-corrected chi connectivity index (χ0v) is 15.6. The number of carbonyl (C=O) groups excluding carboxylic acids is 2. The molecular formula is C20H16N2O7. The van der Waals surface area contributed by atoms with E-state index in [-0.39, 0.29) is 29.5 Å². The summed E-state index contributed by atoms with van der Waals surface area (Å²) in [6.45, 7) is 1.68. The molecular weight excluding hydrogens is 380 g/mol. The van der Waals surface area contributed by atoms with E-state index in [1.165, 1.54) is 31.4 Å². The van der Waals surface area contributed by atoms with Crippen LogP contribution in [-0.4, -0.2) is 29.9 Å². The van der Waals surface area contributed by atoms with Gasteiger partial charge in [-0.15, -0.1) is 0 Å². The number of hydrogen-bond acceptors (Lipinski definition) is 8. The largest absolute Gasteiger partial charge is 0.493 e. The van der Waals surface area contributed by atoms with Gasteiger partial charge < -0.3 is 14.2 Å². The van der Waals surface area contributed by atoms with Gasteiger partial charge >= 0.3 is 11.9 Å². The van der Waals surface area contributed by atoms with Crippen LogP contribution in [0.1, 0.15) is 24.5 Å². The van der Waals surface area contributed by atoms with Gasteiger partial charge in [-0.25, -0.2) is 9.79 Å². The van der Waals surface area contributed by atoms with Crippen LogP contribution in [0.15, 0.2) is 53.2 Å². The van der Waals surface area contributed by atoms with E-state index < -0.39 is 16.9 Å². The van der Waals surface area contributed by atoms with Crippen LogP contribution in [0.2, 0.25) is 0 Å². The number of nitro benzene ring substituents is 1. The molecule has 0 saturated carbocycles. The lowest BCUT2D eigenvalue weighted by Gasteiger charge is -2.09. The Labute approximate surface area is 165 Å². The molecule has 0 amide bonds. The molecule has 1 aliphatic rings. The summed E-state index contributed by atoms with van der Waals surface area (Å²) in [6.07, 6.45) is 1.69. The van der Waals surface area contributed by atoms with Gasteiger partial charge in [-0.2, -0.15) is 0 Å². The first-order chi connectivity index (χ1) is 13.9. The Morgan fingerprint density at radius 3 is 2.72 bits per heavy atom. The molecule has 0 aromatic heterocycles. The number of hydrogen-bond donors (Lipinski definition) is 0. The van der Waals surface area contributed by atoms with Crippen LogP contribution in [0.25, 0.3) is 6.08 Å². The number of ether oxygens (including phenoxy) is 3. The summed E-state index contributed by atoms with van der Waals surface area (Å²) < 4.78 is 15.5. The molecule has 2 aromatic rings. The van der Waals surface area contributed by atoms with Crippen LogP contribution in [0.3, 0.4) is 0 Å². The highest BCUT2D eigenvalue weighted by molar-refractivity contribution is 6.13.